The van der Waals surface area contributed by atoms with Crippen LogP contribution in [0.25, 0.3) is 0 Å². The highest BCUT2D eigenvalue weighted by Gasteiger charge is 2.21. The van der Waals surface area contributed by atoms with Gasteiger partial charge < -0.3 is 20.7 Å². The Bertz CT molecular complexity index is 495. The molecule has 0 bridgehead atoms. The van der Waals surface area contributed by atoms with Gasteiger partial charge >= 0.3 is 0 Å². The highest BCUT2D eigenvalue weighted by molar-refractivity contribution is 14.0. The highest BCUT2D eigenvalue weighted by Crippen LogP contribution is 2.31. The molecule has 1 aliphatic rings. The first kappa shape index (κ1) is 20.0. The highest BCUT2D eigenvalue weighted by atomic mass is 127. The summed E-state index contributed by atoms with van der Waals surface area (Å²) in [7, 11) is 0. The van der Waals surface area contributed by atoms with Crippen LogP contribution in [-0.4, -0.2) is 43.6 Å². The third-order valence-corrected chi connectivity index (χ3v) is 3.97. The molecule has 1 aromatic rings. The number of ether oxygens (including phenoxy) is 1. The van der Waals surface area contributed by atoms with Gasteiger partial charge in [-0.2, -0.15) is 0 Å². The number of nitrogens with two attached hydrogens (primary N) is 1. The molecule has 0 spiro atoms. The first-order valence-electron chi connectivity index (χ1n) is 8.25. The molecule has 0 amide bonds. The van der Waals surface area contributed by atoms with Crippen molar-refractivity contribution in [2.45, 2.75) is 32.7 Å². The Balaban J connectivity index is 0.00000264. The van der Waals surface area contributed by atoms with Gasteiger partial charge in [-0.1, -0.05) is 32.0 Å². The average molecular weight is 432 g/mol. The molecule has 5 nitrogen and oxygen atoms in total. The molecule has 0 aromatic heterocycles. The Morgan fingerprint density at radius 1 is 1.35 bits per heavy atom. The van der Waals surface area contributed by atoms with Crippen LogP contribution in [0.4, 0.5) is 0 Å². The number of aliphatic imine (C=N–C) groups is 1. The molecule has 0 aliphatic carbocycles. The summed E-state index contributed by atoms with van der Waals surface area (Å²) in [5, 5.41) is 3.33. The van der Waals surface area contributed by atoms with Crippen LogP contribution in [0.15, 0.2) is 29.3 Å². The SMILES string of the molecule is CCCN(CC)CCN=C(N)NC1CCOc2ccccc21.I. The van der Waals surface area contributed by atoms with Crippen LogP contribution >= 0.6 is 24.0 Å². The number of guanidine groups is 1. The zero-order valence-electron chi connectivity index (χ0n) is 14.1. The monoisotopic (exact) mass is 432 g/mol. The second-order valence-electron chi connectivity index (χ2n) is 5.57. The van der Waals surface area contributed by atoms with Crippen molar-refractivity contribution >= 4 is 29.9 Å². The molecular formula is C17H29IN4O. The van der Waals surface area contributed by atoms with Crippen LogP contribution in [0.2, 0.25) is 0 Å². The zero-order valence-corrected chi connectivity index (χ0v) is 16.5. The van der Waals surface area contributed by atoms with Crippen molar-refractivity contribution in [3.8, 4) is 5.75 Å². The van der Waals surface area contributed by atoms with Crippen molar-refractivity contribution in [1.82, 2.24) is 10.2 Å². The van der Waals surface area contributed by atoms with E-state index in [9.17, 15) is 0 Å². The Morgan fingerprint density at radius 3 is 2.87 bits per heavy atom. The van der Waals surface area contributed by atoms with E-state index in [0.29, 0.717) is 12.6 Å². The third kappa shape index (κ3) is 6.18. The molecule has 1 heterocycles. The average Bonchev–Trinajstić information content (AvgIpc) is 2.54. The topological polar surface area (TPSA) is 62.9 Å². The quantitative estimate of drug-likeness (QED) is 0.395. The number of nitrogens with zero attached hydrogens (tertiary/aromatic N) is 2. The standard InChI is InChI=1S/C17H28N4O.HI/c1-3-11-21(4-2)12-10-19-17(18)20-15-9-13-22-16-8-6-5-7-14(15)16;/h5-8,15H,3-4,9-13H2,1-2H3,(H3,18,19,20);1H. The van der Waals surface area contributed by atoms with Crippen molar-refractivity contribution < 1.29 is 4.74 Å². The van der Waals surface area contributed by atoms with E-state index in [1.54, 1.807) is 0 Å². The van der Waals surface area contributed by atoms with E-state index in [1.165, 1.54) is 6.42 Å². The predicted molar refractivity (Wildman–Crippen MR) is 107 cm³/mol. The maximum absolute atomic E-state index is 6.04. The van der Waals surface area contributed by atoms with Gasteiger partial charge in [0.1, 0.15) is 5.75 Å². The number of likely N-dealkylation sites (N-methyl/N-ethyl adjacent to an activating group) is 1. The van der Waals surface area contributed by atoms with Crippen molar-refractivity contribution in [2.75, 3.05) is 32.8 Å². The number of para-hydroxylation sites is 1. The molecule has 1 unspecified atom stereocenters. The minimum atomic E-state index is 0. The van der Waals surface area contributed by atoms with Crippen LogP contribution in [0, 0.1) is 0 Å². The third-order valence-electron chi connectivity index (χ3n) is 3.97. The summed E-state index contributed by atoms with van der Waals surface area (Å²) in [6.07, 6.45) is 2.08. The van der Waals surface area contributed by atoms with E-state index in [1.807, 2.05) is 18.2 Å². The molecule has 1 atom stereocenters. The van der Waals surface area contributed by atoms with Crippen molar-refractivity contribution in [3.05, 3.63) is 29.8 Å². The molecule has 23 heavy (non-hydrogen) atoms. The van der Waals surface area contributed by atoms with Gasteiger partial charge in [-0.3, -0.25) is 4.99 Å². The molecule has 1 aliphatic heterocycles. The Morgan fingerprint density at radius 2 is 2.13 bits per heavy atom. The van der Waals surface area contributed by atoms with E-state index in [2.05, 4.69) is 35.1 Å². The Labute approximate surface area is 156 Å². The van der Waals surface area contributed by atoms with Gasteiger partial charge in [0.05, 0.1) is 19.2 Å². The molecule has 3 N–H and O–H groups in total. The second-order valence-corrected chi connectivity index (χ2v) is 5.57. The summed E-state index contributed by atoms with van der Waals surface area (Å²) in [5.74, 6) is 1.47. The van der Waals surface area contributed by atoms with E-state index in [4.69, 9.17) is 10.5 Å². The summed E-state index contributed by atoms with van der Waals surface area (Å²) in [6.45, 7) is 8.96. The van der Waals surface area contributed by atoms with Crippen LogP contribution in [0.3, 0.4) is 0 Å². The van der Waals surface area contributed by atoms with Gasteiger partial charge in [-0.25, -0.2) is 0 Å². The number of hydrogen-bond acceptors (Lipinski definition) is 3. The summed E-state index contributed by atoms with van der Waals surface area (Å²) in [6, 6.07) is 8.29. The Hall–Kier alpha value is -1.02. The number of fused-ring (bicyclic) bond motifs is 1. The van der Waals surface area contributed by atoms with Crippen LogP contribution in [-0.2, 0) is 0 Å². The molecular weight excluding hydrogens is 403 g/mol. The normalized spacial score (nSPS) is 17.2. The number of hydrogen-bond donors (Lipinski definition) is 2. The molecule has 0 saturated carbocycles. The minimum absolute atomic E-state index is 0. The van der Waals surface area contributed by atoms with Gasteiger partial charge in [-0.05, 0) is 25.6 Å². The van der Waals surface area contributed by atoms with Gasteiger partial charge in [0.2, 0.25) is 0 Å². The van der Waals surface area contributed by atoms with Crippen LogP contribution < -0.4 is 15.8 Å². The van der Waals surface area contributed by atoms with Crippen molar-refractivity contribution in [2.24, 2.45) is 10.7 Å². The smallest absolute Gasteiger partial charge is 0.189 e. The first-order chi connectivity index (χ1) is 10.7. The summed E-state index contributed by atoms with van der Waals surface area (Å²) >= 11 is 0. The van der Waals surface area contributed by atoms with Crippen molar-refractivity contribution in [1.29, 1.82) is 0 Å². The summed E-state index contributed by atoms with van der Waals surface area (Å²) in [5.41, 5.74) is 7.20. The fourth-order valence-electron chi connectivity index (χ4n) is 2.77. The summed E-state index contributed by atoms with van der Waals surface area (Å²) < 4.78 is 5.66. The number of benzene rings is 1. The fourth-order valence-corrected chi connectivity index (χ4v) is 2.77. The number of nitrogens with one attached hydrogen (secondary N) is 1. The lowest BCUT2D eigenvalue weighted by molar-refractivity contribution is 0.262. The number of halogens is 1. The molecule has 0 saturated heterocycles. The lowest BCUT2D eigenvalue weighted by Gasteiger charge is -2.27. The van der Waals surface area contributed by atoms with E-state index >= 15 is 0 Å². The molecule has 0 fully saturated rings. The lowest BCUT2D eigenvalue weighted by Crippen LogP contribution is -2.38. The maximum atomic E-state index is 6.04. The Kier molecular flexibility index (Phi) is 9.31. The molecule has 1 aromatic carbocycles. The van der Waals surface area contributed by atoms with Gasteiger partial charge in [0.25, 0.3) is 0 Å². The zero-order chi connectivity index (χ0) is 15.8. The van der Waals surface area contributed by atoms with Gasteiger partial charge in [0, 0.05) is 18.5 Å². The van der Waals surface area contributed by atoms with Crippen LogP contribution in [0.1, 0.15) is 38.3 Å². The number of rotatable bonds is 7. The molecule has 6 heteroatoms. The van der Waals surface area contributed by atoms with Crippen molar-refractivity contribution in [3.63, 3.8) is 0 Å². The van der Waals surface area contributed by atoms with E-state index < -0.39 is 0 Å². The molecule has 130 valence electrons. The van der Waals surface area contributed by atoms with Gasteiger partial charge in [0.15, 0.2) is 5.96 Å². The molecule has 0 radical (unpaired) electrons. The maximum Gasteiger partial charge on any atom is 0.189 e. The minimum Gasteiger partial charge on any atom is -0.493 e. The summed E-state index contributed by atoms with van der Waals surface area (Å²) in [4.78, 5) is 6.85. The van der Waals surface area contributed by atoms with E-state index in [-0.39, 0.29) is 30.0 Å². The lowest BCUT2D eigenvalue weighted by atomic mass is 10.0. The predicted octanol–water partition coefficient (Wildman–Crippen LogP) is 2.76. The van der Waals surface area contributed by atoms with E-state index in [0.717, 1.165) is 43.9 Å². The first-order valence-corrected chi connectivity index (χ1v) is 8.25. The fraction of sp³-hybridized carbons (Fsp3) is 0.588. The second kappa shape index (κ2) is 10.7. The largest absolute Gasteiger partial charge is 0.493 e. The van der Waals surface area contributed by atoms with Gasteiger partial charge in [-0.15, -0.1) is 24.0 Å². The van der Waals surface area contributed by atoms with Crippen LogP contribution in [0.5, 0.6) is 5.75 Å². The molecule has 2 rings (SSSR count).